The lowest BCUT2D eigenvalue weighted by molar-refractivity contribution is -0.386. The molecule has 0 radical (unpaired) electrons. The molecular weight excluding hydrogens is 439 g/mol. The van der Waals surface area contributed by atoms with Crippen molar-refractivity contribution in [1.82, 2.24) is 29.5 Å². The molecule has 0 bridgehead atoms. The molecule has 1 aliphatic carbocycles. The Balaban J connectivity index is 1.52. The van der Waals surface area contributed by atoms with E-state index in [0.717, 1.165) is 29.2 Å². The highest BCUT2D eigenvalue weighted by molar-refractivity contribution is 5.71. The minimum atomic E-state index is -0.439. The Bertz CT molecular complexity index is 1390. The first-order valence-electron chi connectivity index (χ1n) is 10.9. The van der Waals surface area contributed by atoms with Gasteiger partial charge in [-0.25, -0.2) is 23.7 Å². The number of hydrogen-bond acceptors (Lipinski definition) is 7. The number of aromatic nitrogens is 6. The topological polar surface area (TPSA) is 117 Å². The number of hydrogen-bond donors (Lipinski definition) is 1. The van der Waals surface area contributed by atoms with E-state index in [1.54, 1.807) is 32.0 Å². The van der Waals surface area contributed by atoms with Crippen molar-refractivity contribution in [2.45, 2.75) is 40.2 Å². The van der Waals surface area contributed by atoms with Gasteiger partial charge >= 0.3 is 5.69 Å². The average molecular weight is 462 g/mol. The number of nitrogens with zero attached hydrogens (tertiary/aromatic N) is 7. The first-order valence-corrected chi connectivity index (χ1v) is 10.9. The molecule has 4 aromatic rings. The number of benzene rings is 1. The average Bonchev–Trinajstić information content (AvgIpc) is 3.50. The van der Waals surface area contributed by atoms with E-state index in [-0.39, 0.29) is 11.5 Å². The second-order valence-electron chi connectivity index (χ2n) is 8.53. The van der Waals surface area contributed by atoms with E-state index in [9.17, 15) is 14.5 Å². The van der Waals surface area contributed by atoms with Gasteiger partial charge in [0.15, 0.2) is 5.82 Å². The third-order valence-corrected chi connectivity index (χ3v) is 5.99. The molecule has 34 heavy (non-hydrogen) atoms. The maximum absolute atomic E-state index is 13.4. The Labute approximate surface area is 194 Å². The summed E-state index contributed by atoms with van der Waals surface area (Å²) < 4.78 is 16.8. The maximum Gasteiger partial charge on any atom is 0.313 e. The lowest BCUT2D eigenvalue weighted by atomic mass is 10.1. The lowest BCUT2D eigenvalue weighted by Crippen LogP contribution is -2.09. The standard InChI is InChI=1S/C23H23FN8O2/c1-13-21(17-6-8-18(24)9-7-17)29-30(11-16-4-5-16)23(13)27-19-10-20(26-12-25-19)31-15(3)22(32(33)34)14(2)28-31/h6-10,12,16H,4-5,11H2,1-3H3,(H,25,26,27). The van der Waals surface area contributed by atoms with Crippen LogP contribution in [0.5, 0.6) is 0 Å². The van der Waals surface area contributed by atoms with E-state index in [4.69, 9.17) is 5.10 Å². The van der Waals surface area contributed by atoms with E-state index in [1.807, 2.05) is 11.6 Å². The molecule has 10 nitrogen and oxygen atoms in total. The van der Waals surface area contributed by atoms with Crippen molar-refractivity contribution in [2.24, 2.45) is 5.92 Å². The molecular formula is C23H23FN8O2. The molecule has 3 heterocycles. The minimum absolute atomic E-state index is 0.0320. The minimum Gasteiger partial charge on any atom is -0.325 e. The summed E-state index contributed by atoms with van der Waals surface area (Å²) in [5.41, 5.74) is 3.18. The molecule has 1 N–H and O–H groups in total. The van der Waals surface area contributed by atoms with Gasteiger partial charge in [0.05, 0.1) is 10.6 Å². The number of rotatable bonds is 7. The molecule has 0 unspecified atom stereocenters. The summed E-state index contributed by atoms with van der Waals surface area (Å²) in [4.78, 5) is 19.5. The number of anilines is 2. The summed E-state index contributed by atoms with van der Waals surface area (Å²) in [6, 6.07) is 7.97. The smallest absolute Gasteiger partial charge is 0.313 e. The van der Waals surface area contributed by atoms with Gasteiger partial charge in [-0.3, -0.25) is 10.1 Å². The molecule has 1 aliphatic rings. The molecule has 1 aromatic carbocycles. The van der Waals surface area contributed by atoms with Gasteiger partial charge in [-0.15, -0.1) is 0 Å². The first-order chi connectivity index (χ1) is 16.3. The van der Waals surface area contributed by atoms with Gasteiger partial charge in [-0.05, 0) is 63.8 Å². The molecule has 1 saturated carbocycles. The fourth-order valence-electron chi connectivity index (χ4n) is 4.04. The molecule has 3 aromatic heterocycles. The van der Waals surface area contributed by atoms with E-state index >= 15 is 0 Å². The zero-order chi connectivity index (χ0) is 24.0. The van der Waals surface area contributed by atoms with Crippen LogP contribution in [0.15, 0.2) is 36.7 Å². The van der Waals surface area contributed by atoms with Gasteiger partial charge < -0.3 is 5.32 Å². The quantitative estimate of drug-likeness (QED) is 0.314. The van der Waals surface area contributed by atoms with Gasteiger partial charge in [0, 0.05) is 23.7 Å². The summed E-state index contributed by atoms with van der Waals surface area (Å²) >= 11 is 0. The van der Waals surface area contributed by atoms with Crippen LogP contribution in [0.25, 0.3) is 17.1 Å². The van der Waals surface area contributed by atoms with Gasteiger partial charge in [-0.2, -0.15) is 10.2 Å². The zero-order valence-corrected chi connectivity index (χ0v) is 19.0. The van der Waals surface area contributed by atoms with Crippen molar-refractivity contribution in [3.63, 3.8) is 0 Å². The predicted octanol–water partition coefficient (Wildman–Crippen LogP) is 4.65. The third-order valence-electron chi connectivity index (χ3n) is 5.99. The van der Waals surface area contributed by atoms with Crippen LogP contribution in [0.1, 0.15) is 29.8 Å². The second kappa shape index (κ2) is 8.32. The first kappa shape index (κ1) is 21.7. The zero-order valence-electron chi connectivity index (χ0n) is 19.0. The normalized spacial score (nSPS) is 13.3. The summed E-state index contributed by atoms with van der Waals surface area (Å²) in [5.74, 6) is 1.99. The van der Waals surface area contributed by atoms with Crippen LogP contribution in [-0.2, 0) is 6.54 Å². The van der Waals surface area contributed by atoms with Crippen LogP contribution in [0, 0.1) is 42.6 Å². The van der Waals surface area contributed by atoms with E-state index in [1.165, 1.54) is 36.0 Å². The highest BCUT2D eigenvalue weighted by Crippen LogP contribution is 2.35. The van der Waals surface area contributed by atoms with Gasteiger partial charge in [0.1, 0.15) is 35.2 Å². The second-order valence-corrected chi connectivity index (χ2v) is 8.53. The largest absolute Gasteiger partial charge is 0.325 e. The Morgan fingerprint density at radius 3 is 2.53 bits per heavy atom. The van der Waals surface area contributed by atoms with Crippen molar-refractivity contribution in [1.29, 1.82) is 0 Å². The van der Waals surface area contributed by atoms with Crippen LogP contribution in [0.3, 0.4) is 0 Å². The van der Waals surface area contributed by atoms with Crippen LogP contribution < -0.4 is 5.32 Å². The van der Waals surface area contributed by atoms with Crippen LogP contribution in [0.4, 0.5) is 21.7 Å². The molecule has 0 spiro atoms. The highest BCUT2D eigenvalue weighted by Gasteiger charge is 2.26. The van der Waals surface area contributed by atoms with E-state index in [0.29, 0.717) is 28.9 Å². The van der Waals surface area contributed by atoms with E-state index in [2.05, 4.69) is 20.4 Å². The van der Waals surface area contributed by atoms with Crippen molar-refractivity contribution < 1.29 is 9.31 Å². The van der Waals surface area contributed by atoms with Gasteiger partial charge in [-0.1, -0.05) is 0 Å². The van der Waals surface area contributed by atoms with Crippen LogP contribution >= 0.6 is 0 Å². The number of aryl methyl sites for hydroxylation is 1. The molecule has 0 saturated heterocycles. The molecule has 174 valence electrons. The molecule has 11 heteroatoms. The molecule has 1 fully saturated rings. The Morgan fingerprint density at radius 2 is 1.88 bits per heavy atom. The van der Waals surface area contributed by atoms with Crippen molar-refractivity contribution in [3.8, 4) is 17.1 Å². The Morgan fingerprint density at radius 1 is 1.15 bits per heavy atom. The monoisotopic (exact) mass is 462 g/mol. The third kappa shape index (κ3) is 4.00. The van der Waals surface area contributed by atoms with E-state index < -0.39 is 4.92 Å². The summed E-state index contributed by atoms with van der Waals surface area (Å²) in [6.07, 6.45) is 3.72. The molecule has 0 aliphatic heterocycles. The van der Waals surface area contributed by atoms with Gasteiger partial charge in [0.2, 0.25) is 0 Å². The van der Waals surface area contributed by atoms with Gasteiger partial charge in [0.25, 0.3) is 0 Å². The van der Waals surface area contributed by atoms with Crippen LogP contribution in [0.2, 0.25) is 0 Å². The Hall–Kier alpha value is -4.15. The lowest BCUT2D eigenvalue weighted by Gasteiger charge is -2.11. The number of halogens is 1. The summed E-state index contributed by atoms with van der Waals surface area (Å²) in [5, 5.41) is 23.8. The predicted molar refractivity (Wildman–Crippen MR) is 124 cm³/mol. The van der Waals surface area contributed by atoms with Crippen molar-refractivity contribution >= 4 is 17.3 Å². The fraction of sp³-hybridized carbons (Fsp3) is 0.304. The fourth-order valence-corrected chi connectivity index (χ4v) is 4.04. The van der Waals surface area contributed by atoms with Crippen molar-refractivity contribution in [2.75, 3.05) is 5.32 Å². The molecule has 5 rings (SSSR count). The maximum atomic E-state index is 13.4. The summed E-state index contributed by atoms with van der Waals surface area (Å²) in [6.45, 7) is 5.96. The van der Waals surface area contributed by atoms with Crippen LogP contribution in [-0.4, -0.2) is 34.5 Å². The molecule has 0 atom stereocenters. The number of nitrogens with one attached hydrogen (secondary N) is 1. The number of nitro groups is 1. The Kier molecular flexibility index (Phi) is 5.31. The highest BCUT2D eigenvalue weighted by atomic mass is 19.1. The SMILES string of the molecule is Cc1nn(-c2cc(Nc3c(C)c(-c4ccc(F)cc4)nn3CC3CC3)ncn2)c(C)c1[N+](=O)[O-]. The molecule has 0 amide bonds. The summed E-state index contributed by atoms with van der Waals surface area (Å²) in [7, 11) is 0. The van der Waals surface area contributed by atoms with Crippen molar-refractivity contribution in [3.05, 3.63) is 69.5 Å².